The zero-order valence-electron chi connectivity index (χ0n) is 9.09. The normalized spacial score (nSPS) is 16.2. The first kappa shape index (κ1) is 10.8. The van der Waals surface area contributed by atoms with Crippen molar-refractivity contribution < 1.29 is 4.79 Å². The molecule has 82 valence electrons. The summed E-state index contributed by atoms with van der Waals surface area (Å²) in [6.45, 7) is 0. The van der Waals surface area contributed by atoms with Gasteiger partial charge in [0.15, 0.2) is 0 Å². The Morgan fingerprint density at radius 3 is 2.24 bits per heavy atom. The molecule has 0 saturated heterocycles. The van der Waals surface area contributed by atoms with Crippen LogP contribution in [0.1, 0.15) is 21.5 Å². The van der Waals surface area contributed by atoms with Crippen molar-refractivity contribution in [1.29, 1.82) is 0 Å². The van der Waals surface area contributed by atoms with Gasteiger partial charge in [-0.3, -0.25) is 0 Å². The molecule has 0 spiro atoms. The van der Waals surface area contributed by atoms with Crippen molar-refractivity contribution in [1.82, 2.24) is 0 Å². The maximum absolute atomic E-state index is 11.9. The van der Waals surface area contributed by atoms with Gasteiger partial charge in [0.25, 0.3) is 0 Å². The summed E-state index contributed by atoms with van der Waals surface area (Å²) in [6, 6.07) is 18.1. The van der Waals surface area contributed by atoms with Gasteiger partial charge < -0.3 is 0 Å². The minimum atomic E-state index is -0.709. The second kappa shape index (κ2) is 4.49. The van der Waals surface area contributed by atoms with Gasteiger partial charge in [-0.05, 0) is 0 Å². The topological polar surface area (TPSA) is 17.1 Å². The molecule has 0 N–H and O–H groups in total. The number of hydrogen-bond acceptors (Lipinski definition) is 1. The fraction of sp³-hybridized carbons (Fsp3) is 0. The molecule has 1 nitrogen and oxygen atoms in total. The number of benzene rings is 2. The number of hydrogen-bond donors (Lipinski definition) is 0. The number of carbonyl (C=O) groups excluding carboxylic acids is 1. The van der Waals surface area contributed by atoms with Gasteiger partial charge in [0, 0.05) is 0 Å². The van der Waals surface area contributed by atoms with Crippen LogP contribution in [0.2, 0.25) is 0 Å². The third-order valence-corrected chi connectivity index (χ3v) is 5.46. The van der Waals surface area contributed by atoms with Gasteiger partial charge in [0.2, 0.25) is 0 Å². The van der Waals surface area contributed by atoms with E-state index in [2.05, 4.69) is 24.3 Å². The molecule has 2 aromatic carbocycles. The zero-order valence-corrected chi connectivity index (χ0v) is 11.4. The maximum atomic E-state index is 11.9. The first-order valence-corrected chi connectivity index (χ1v) is 7.76. The van der Waals surface area contributed by atoms with Crippen LogP contribution in [0.5, 0.6) is 0 Å². The molecule has 3 rings (SSSR count). The van der Waals surface area contributed by atoms with Crippen molar-refractivity contribution in [2.75, 3.05) is 0 Å². The van der Waals surface area contributed by atoms with Crippen molar-refractivity contribution in [2.45, 2.75) is 0 Å². The average Bonchev–Trinajstić information content (AvgIpc) is 2.69. The Morgan fingerprint density at radius 1 is 0.824 bits per heavy atom. The van der Waals surface area contributed by atoms with Crippen molar-refractivity contribution in [2.24, 2.45) is 0 Å². The SMILES string of the molecule is O=C1[Te]/C(=C/c2ccccc2)c2ccccc21. The van der Waals surface area contributed by atoms with Crippen LogP contribution in [-0.2, 0) is 0 Å². The third kappa shape index (κ3) is 2.07. The van der Waals surface area contributed by atoms with E-state index in [4.69, 9.17) is 0 Å². The average molecular weight is 334 g/mol. The summed E-state index contributed by atoms with van der Waals surface area (Å²) in [5.41, 5.74) is 3.23. The summed E-state index contributed by atoms with van der Waals surface area (Å²) in [5, 5.41) is 0. The molecule has 1 aliphatic rings. The molecular weight excluding hydrogens is 324 g/mol. The van der Waals surface area contributed by atoms with Gasteiger partial charge in [-0.15, -0.1) is 0 Å². The second-order valence-corrected chi connectivity index (χ2v) is 6.75. The van der Waals surface area contributed by atoms with Crippen LogP contribution in [-0.4, -0.2) is 24.8 Å². The van der Waals surface area contributed by atoms with Crippen LogP contribution in [0.15, 0.2) is 54.6 Å². The van der Waals surface area contributed by atoms with Crippen LogP contribution in [0.4, 0.5) is 0 Å². The predicted molar refractivity (Wildman–Crippen MR) is 70.8 cm³/mol. The molecule has 0 bridgehead atoms. The molecule has 2 heteroatoms. The van der Waals surface area contributed by atoms with Gasteiger partial charge >= 0.3 is 111 Å². The van der Waals surface area contributed by atoms with Crippen LogP contribution >= 0.6 is 0 Å². The van der Waals surface area contributed by atoms with E-state index in [1.165, 1.54) is 9.18 Å². The summed E-state index contributed by atoms with van der Waals surface area (Å²) >= 11 is -0.709. The summed E-state index contributed by atoms with van der Waals surface area (Å²) in [4.78, 5) is 11.9. The fourth-order valence-electron chi connectivity index (χ4n) is 1.89. The number of fused-ring (bicyclic) bond motifs is 1. The fourth-order valence-corrected chi connectivity index (χ4v) is 4.66. The van der Waals surface area contributed by atoms with Gasteiger partial charge in [0.05, 0.1) is 0 Å². The Kier molecular flexibility index (Phi) is 2.84. The zero-order chi connectivity index (χ0) is 11.7. The Labute approximate surface area is 110 Å². The summed E-state index contributed by atoms with van der Waals surface area (Å²) in [6.07, 6.45) is 2.16. The summed E-state index contributed by atoms with van der Waals surface area (Å²) < 4.78 is 1.61. The van der Waals surface area contributed by atoms with E-state index in [0.717, 1.165) is 11.1 Å². The van der Waals surface area contributed by atoms with E-state index >= 15 is 0 Å². The van der Waals surface area contributed by atoms with Crippen molar-refractivity contribution in [3.8, 4) is 0 Å². The van der Waals surface area contributed by atoms with E-state index in [-0.39, 0.29) is 0 Å². The summed E-state index contributed by atoms with van der Waals surface area (Å²) in [5.74, 6) is 0. The Balaban J connectivity index is 2.08. The monoisotopic (exact) mass is 336 g/mol. The van der Waals surface area contributed by atoms with E-state index in [9.17, 15) is 4.79 Å². The molecule has 0 aromatic heterocycles. The number of rotatable bonds is 1. The third-order valence-electron chi connectivity index (χ3n) is 2.71. The molecule has 0 saturated carbocycles. The minimum absolute atomic E-state index is 0.355. The van der Waals surface area contributed by atoms with Crippen molar-refractivity contribution in [3.63, 3.8) is 0 Å². The first-order valence-electron chi connectivity index (χ1n) is 5.43. The van der Waals surface area contributed by atoms with Crippen LogP contribution in [0.25, 0.3) is 9.70 Å². The van der Waals surface area contributed by atoms with E-state index in [0.29, 0.717) is 3.83 Å². The van der Waals surface area contributed by atoms with Crippen LogP contribution in [0.3, 0.4) is 0 Å². The molecule has 17 heavy (non-hydrogen) atoms. The Morgan fingerprint density at radius 2 is 1.47 bits per heavy atom. The van der Waals surface area contributed by atoms with Gasteiger partial charge in [0.1, 0.15) is 0 Å². The van der Waals surface area contributed by atoms with Crippen molar-refractivity contribution >= 4 is 34.5 Å². The molecule has 0 unspecified atom stereocenters. The van der Waals surface area contributed by atoms with E-state index in [1.54, 1.807) is 0 Å². The Hall–Kier alpha value is -1.36. The summed E-state index contributed by atoms with van der Waals surface area (Å²) in [7, 11) is 0. The van der Waals surface area contributed by atoms with Crippen molar-refractivity contribution in [3.05, 3.63) is 71.3 Å². The first-order chi connectivity index (χ1) is 8.34. The standard InChI is InChI=1S/C15H10OTe/c16-15-13-9-5-4-8-12(13)14(17-15)10-11-6-2-1-3-7-11/h1-10H/b14-10+. The molecule has 1 aliphatic heterocycles. The van der Waals surface area contributed by atoms with Crippen LogP contribution < -0.4 is 0 Å². The molecule has 0 amide bonds. The van der Waals surface area contributed by atoms with Crippen LogP contribution in [0, 0.1) is 0 Å². The molecule has 0 fully saturated rings. The number of carbonyl (C=O) groups is 1. The quantitative estimate of drug-likeness (QED) is 0.733. The van der Waals surface area contributed by atoms with Gasteiger partial charge in [-0.2, -0.15) is 0 Å². The second-order valence-electron chi connectivity index (χ2n) is 3.85. The van der Waals surface area contributed by atoms with E-state index < -0.39 is 20.9 Å². The molecular formula is C15H10OTe. The molecule has 0 aliphatic carbocycles. The molecule has 2 aromatic rings. The van der Waals surface area contributed by atoms with Gasteiger partial charge in [-0.25, -0.2) is 0 Å². The molecule has 1 heterocycles. The molecule has 0 atom stereocenters. The predicted octanol–water partition coefficient (Wildman–Crippen LogP) is 3.04. The molecule has 0 radical (unpaired) electrons. The van der Waals surface area contributed by atoms with E-state index in [1.807, 2.05) is 36.4 Å². The Bertz CT molecular complexity index is 599. The van der Waals surface area contributed by atoms with Gasteiger partial charge in [-0.1, -0.05) is 0 Å².